The van der Waals surface area contributed by atoms with Crippen LogP contribution in [0.1, 0.15) is 49.3 Å². The second kappa shape index (κ2) is 5.83. The van der Waals surface area contributed by atoms with Gasteiger partial charge in [-0.3, -0.25) is 0 Å². The zero-order chi connectivity index (χ0) is 14.0. The minimum atomic E-state index is -4.35. The van der Waals surface area contributed by atoms with E-state index in [9.17, 15) is 13.2 Å². The fourth-order valence-electron chi connectivity index (χ4n) is 2.73. The number of halogens is 4. The van der Waals surface area contributed by atoms with Gasteiger partial charge in [0.25, 0.3) is 0 Å². The summed E-state index contributed by atoms with van der Waals surface area (Å²) < 4.78 is 38.7. The van der Waals surface area contributed by atoms with Gasteiger partial charge in [-0.2, -0.15) is 13.2 Å². The lowest BCUT2D eigenvalue weighted by Gasteiger charge is -2.28. The zero-order valence-electron chi connectivity index (χ0n) is 10.5. The standard InChI is InChI=1S/C14H17BrF3N/c15-12-7-6-10(8-11(12)14(16,17)18)13(19)9-4-2-1-3-5-9/h6-9,13H,1-5,19H2. The fourth-order valence-corrected chi connectivity index (χ4v) is 3.20. The summed E-state index contributed by atoms with van der Waals surface area (Å²) in [7, 11) is 0. The first kappa shape index (κ1) is 14.9. The Morgan fingerprint density at radius 1 is 1.16 bits per heavy atom. The summed E-state index contributed by atoms with van der Waals surface area (Å²) in [6.07, 6.45) is 1.14. The summed E-state index contributed by atoms with van der Waals surface area (Å²) in [5.41, 5.74) is 6.09. The van der Waals surface area contributed by atoms with Gasteiger partial charge in [-0.05, 0) is 36.5 Å². The maximum atomic E-state index is 12.9. The van der Waals surface area contributed by atoms with Gasteiger partial charge in [-0.1, -0.05) is 41.3 Å². The molecule has 0 spiro atoms. The van der Waals surface area contributed by atoms with E-state index in [1.807, 2.05) is 0 Å². The molecule has 1 aromatic rings. The van der Waals surface area contributed by atoms with Gasteiger partial charge in [-0.15, -0.1) is 0 Å². The number of hydrogen-bond donors (Lipinski definition) is 1. The van der Waals surface area contributed by atoms with E-state index in [1.165, 1.54) is 18.6 Å². The first-order chi connectivity index (χ1) is 8.89. The van der Waals surface area contributed by atoms with Gasteiger partial charge in [0.2, 0.25) is 0 Å². The molecule has 19 heavy (non-hydrogen) atoms. The Bertz CT molecular complexity index is 439. The van der Waals surface area contributed by atoms with E-state index in [1.54, 1.807) is 6.07 Å². The van der Waals surface area contributed by atoms with E-state index in [-0.39, 0.29) is 10.5 Å². The van der Waals surface area contributed by atoms with Crippen molar-refractivity contribution in [3.8, 4) is 0 Å². The number of hydrogen-bond acceptors (Lipinski definition) is 1. The molecule has 1 atom stereocenters. The maximum absolute atomic E-state index is 12.9. The second-order valence-corrected chi connectivity index (χ2v) is 6.02. The van der Waals surface area contributed by atoms with Gasteiger partial charge in [0.1, 0.15) is 0 Å². The van der Waals surface area contributed by atoms with E-state index >= 15 is 0 Å². The Labute approximate surface area is 119 Å². The van der Waals surface area contributed by atoms with Crippen LogP contribution >= 0.6 is 15.9 Å². The molecule has 0 radical (unpaired) electrons. The molecule has 1 aliphatic carbocycles. The van der Waals surface area contributed by atoms with Crippen LogP contribution in [0.2, 0.25) is 0 Å². The van der Waals surface area contributed by atoms with Crippen LogP contribution in [0.15, 0.2) is 22.7 Å². The van der Waals surface area contributed by atoms with Crippen LogP contribution in [0.4, 0.5) is 13.2 Å². The maximum Gasteiger partial charge on any atom is 0.417 e. The summed E-state index contributed by atoms with van der Waals surface area (Å²) in [6.45, 7) is 0. The highest BCUT2D eigenvalue weighted by molar-refractivity contribution is 9.10. The average Bonchev–Trinajstić information content (AvgIpc) is 2.38. The van der Waals surface area contributed by atoms with E-state index in [2.05, 4.69) is 15.9 Å². The molecule has 0 aliphatic heterocycles. The molecule has 2 rings (SSSR count). The van der Waals surface area contributed by atoms with Crippen LogP contribution in [0.25, 0.3) is 0 Å². The number of rotatable bonds is 2. The summed E-state index contributed by atoms with van der Waals surface area (Å²) in [5.74, 6) is 0.302. The fraction of sp³-hybridized carbons (Fsp3) is 0.571. The van der Waals surface area contributed by atoms with Crippen molar-refractivity contribution in [3.63, 3.8) is 0 Å². The van der Waals surface area contributed by atoms with Crippen LogP contribution in [-0.4, -0.2) is 0 Å². The first-order valence-electron chi connectivity index (χ1n) is 6.52. The van der Waals surface area contributed by atoms with Crippen LogP contribution in [0.3, 0.4) is 0 Å². The van der Waals surface area contributed by atoms with Crippen molar-refractivity contribution in [1.82, 2.24) is 0 Å². The van der Waals surface area contributed by atoms with Gasteiger partial charge in [0.15, 0.2) is 0 Å². The molecule has 0 aromatic heterocycles. The summed E-state index contributed by atoms with van der Waals surface area (Å²) >= 11 is 2.95. The Hall–Kier alpha value is -0.550. The number of nitrogens with two attached hydrogens (primary N) is 1. The summed E-state index contributed by atoms with van der Waals surface area (Å²) in [5, 5.41) is 0. The minimum Gasteiger partial charge on any atom is -0.324 e. The highest BCUT2D eigenvalue weighted by Gasteiger charge is 2.34. The zero-order valence-corrected chi connectivity index (χ0v) is 12.1. The normalized spacial score (nSPS) is 19.4. The van der Waals surface area contributed by atoms with Crippen molar-refractivity contribution in [2.45, 2.75) is 44.3 Å². The topological polar surface area (TPSA) is 26.0 Å². The third kappa shape index (κ3) is 3.51. The monoisotopic (exact) mass is 335 g/mol. The Balaban J connectivity index is 2.24. The molecule has 1 nitrogen and oxygen atoms in total. The van der Waals surface area contributed by atoms with Gasteiger partial charge in [-0.25, -0.2) is 0 Å². The van der Waals surface area contributed by atoms with Crippen LogP contribution in [-0.2, 0) is 6.18 Å². The van der Waals surface area contributed by atoms with Crippen molar-refractivity contribution in [3.05, 3.63) is 33.8 Å². The first-order valence-corrected chi connectivity index (χ1v) is 7.31. The quantitative estimate of drug-likeness (QED) is 0.804. The molecule has 1 unspecified atom stereocenters. The highest BCUT2D eigenvalue weighted by atomic mass is 79.9. The average molecular weight is 336 g/mol. The largest absolute Gasteiger partial charge is 0.417 e. The van der Waals surface area contributed by atoms with E-state index in [4.69, 9.17) is 5.73 Å². The van der Waals surface area contributed by atoms with E-state index in [0.717, 1.165) is 25.7 Å². The van der Waals surface area contributed by atoms with Gasteiger partial charge < -0.3 is 5.73 Å². The molecule has 0 heterocycles. The molecule has 5 heteroatoms. The molecule has 1 aromatic carbocycles. The molecule has 2 N–H and O–H groups in total. The highest BCUT2D eigenvalue weighted by Crippen LogP contribution is 2.38. The second-order valence-electron chi connectivity index (χ2n) is 5.16. The van der Waals surface area contributed by atoms with Crippen molar-refractivity contribution >= 4 is 15.9 Å². The lowest BCUT2D eigenvalue weighted by atomic mass is 9.81. The van der Waals surface area contributed by atoms with E-state index in [0.29, 0.717) is 11.5 Å². The van der Waals surface area contributed by atoms with Crippen LogP contribution < -0.4 is 5.73 Å². The predicted octanol–water partition coefficient (Wildman–Crippen LogP) is 5.05. The molecule has 1 saturated carbocycles. The smallest absolute Gasteiger partial charge is 0.324 e. The van der Waals surface area contributed by atoms with Gasteiger partial charge in [0.05, 0.1) is 5.56 Å². The Morgan fingerprint density at radius 2 is 1.79 bits per heavy atom. The summed E-state index contributed by atoms with van der Waals surface area (Å²) in [4.78, 5) is 0. The van der Waals surface area contributed by atoms with Crippen molar-refractivity contribution in [2.24, 2.45) is 11.7 Å². The number of alkyl halides is 3. The Kier molecular flexibility index (Phi) is 4.56. The van der Waals surface area contributed by atoms with Crippen molar-refractivity contribution in [1.29, 1.82) is 0 Å². The summed E-state index contributed by atoms with van der Waals surface area (Å²) in [6, 6.07) is 4.03. The minimum absolute atomic E-state index is 0.0691. The van der Waals surface area contributed by atoms with Crippen LogP contribution in [0, 0.1) is 5.92 Å². The van der Waals surface area contributed by atoms with Crippen molar-refractivity contribution < 1.29 is 13.2 Å². The van der Waals surface area contributed by atoms with Gasteiger partial charge in [0, 0.05) is 10.5 Å². The molecule has 0 amide bonds. The molecule has 0 bridgehead atoms. The SMILES string of the molecule is NC(c1ccc(Br)c(C(F)(F)F)c1)C1CCCCC1. The third-order valence-corrected chi connectivity index (χ3v) is 4.53. The van der Waals surface area contributed by atoms with E-state index < -0.39 is 11.7 Å². The molecule has 106 valence electrons. The Morgan fingerprint density at radius 3 is 2.37 bits per heavy atom. The van der Waals surface area contributed by atoms with Gasteiger partial charge >= 0.3 is 6.18 Å². The van der Waals surface area contributed by atoms with Crippen LogP contribution in [0.5, 0.6) is 0 Å². The predicted molar refractivity (Wildman–Crippen MR) is 72.6 cm³/mol. The lowest BCUT2D eigenvalue weighted by molar-refractivity contribution is -0.138. The molecular weight excluding hydrogens is 319 g/mol. The van der Waals surface area contributed by atoms with Crippen molar-refractivity contribution in [2.75, 3.05) is 0 Å². The molecule has 1 aliphatic rings. The third-order valence-electron chi connectivity index (χ3n) is 3.84. The molecule has 0 saturated heterocycles. The number of benzene rings is 1. The molecule has 1 fully saturated rings. The molecular formula is C14H17BrF3N. The lowest BCUT2D eigenvalue weighted by Crippen LogP contribution is -2.24.